The van der Waals surface area contributed by atoms with Crippen LogP contribution in [0.25, 0.3) is 6.20 Å². The Morgan fingerprint density at radius 2 is 2.17 bits per heavy atom. The van der Waals surface area contributed by atoms with Gasteiger partial charge >= 0.3 is 6.61 Å². The lowest BCUT2D eigenvalue weighted by Crippen LogP contribution is -2.71. The van der Waals surface area contributed by atoms with Gasteiger partial charge in [0.15, 0.2) is 18.0 Å². The number of ether oxygens (including phenoxy) is 1. The summed E-state index contributed by atoms with van der Waals surface area (Å²) >= 11 is 6.12. The maximum atomic E-state index is 12.8. The molecule has 3 heterocycles. The van der Waals surface area contributed by atoms with Gasteiger partial charge in [-0.05, 0) is 30.3 Å². The normalized spacial score (nSPS) is 28.3. The Morgan fingerprint density at radius 3 is 3.00 bits per heavy atom. The van der Waals surface area contributed by atoms with Gasteiger partial charge in [-0.3, -0.25) is 4.99 Å². The molecule has 3 atom stereocenters. The van der Waals surface area contributed by atoms with E-state index < -0.39 is 6.61 Å². The first-order valence-corrected chi connectivity index (χ1v) is 8.03. The number of hydrogen-bond donors (Lipinski definition) is 1. The van der Waals surface area contributed by atoms with Crippen molar-refractivity contribution in [2.45, 2.75) is 18.8 Å². The highest BCUT2D eigenvalue weighted by molar-refractivity contribution is 6.30. The summed E-state index contributed by atoms with van der Waals surface area (Å²) in [6.07, 6.45) is 2.05. The van der Waals surface area contributed by atoms with E-state index in [1.807, 2.05) is 24.3 Å². The van der Waals surface area contributed by atoms with Crippen LogP contribution >= 0.6 is 11.6 Å². The first-order chi connectivity index (χ1) is 11.6. The molecule has 5 rings (SSSR count). The molecule has 2 aromatic carbocycles. The molecule has 0 aromatic heterocycles. The van der Waals surface area contributed by atoms with Crippen LogP contribution in [0, 0.1) is 0 Å². The Bertz CT molecular complexity index is 980. The predicted octanol–water partition coefficient (Wildman–Crippen LogP) is 2.45. The Balaban J connectivity index is 1.76. The highest BCUT2D eigenvalue weighted by atomic mass is 35.5. The number of alkyl halides is 2. The molecular weight excluding hydrogens is 336 g/mol. The summed E-state index contributed by atoms with van der Waals surface area (Å²) in [6.45, 7) is -2.15. The molecule has 2 aromatic rings. The highest BCUT2D eigenvalue weighted by Crippen LogP contribution is 2.54. The van der Waals surface area contributed by atoms with Crippen LogP contribution in [-0.2, 0) is 0 Å². The lowest BCUT2D eigenvalue weighted by molar-refractivity contribution is -0.0505. The smallest absolute Gasteiger partial charge is 0.387 e. The summed E-state index contributed by atoms with van der Waals surface area (Å²) in [5.74, 6) is 0.206. The number of hydrogen-bond acceptors (Lipinski definition) is 3. The fraction of sp³-hybridized carbons (Fsp3) is 0.235. The summed E-state index contributed by atoms with van der Waals surface area (Å²) in [6, 6.07) is 10.8. The van der Waals surface area contributed by atoms with E-state index in [1.54, 1.807) is 12.1 Å². The summed E-state index contributed by atoms with van der Waals surface area (Å²) < 4.78 is 30.9. The monoisotopic (exact) mass is 348 g/mol. The molecule has 0 radical (unpaired) electrons. The fourth-order valence-electron chi connectivity index (χ4n) is 4.03. The van der Waals surface area contributed by atoms with E-state index >= 15 is 0 Å². The second-order valence-corrected chi connectivity index (χ2v) is 6.70. The van der Waals surface area contributed by atoms with Crippen LogP contribution in [0.1, 0.15) is 0 Å². The molecule has 122 valence electrons. The van der Waals surface area contributed by atoms with Gasteiger partial charge in [-0.25, -0.2) is 4.48 Å². The van der Waals surface area contributed by atoms with Crippen molar-refractivity contribution in [1.82, 2.24) is 4.48 Å². The summed E-state index contributed by atoms with van der Waals surface area (Å²) in [7, 11) is 0. The van der Waals surface area contributed by atoms with E-state index in [9.17, 15) is 8.78 Å². The third-order valence-corrected chi connectivity index (χ3v) is 5.18. The molecule has 2 bridgehead atoms. The Hall–Kier alpha value is -2.18. The van der Waals surface area contributed by atoms with E-state index in [4.69, 9.17) is 21.3 Å². The van der Waals surface area contributed by atoms with Crippen LogP contribution in [0.4, 0.5) is 20.2 Å². The Morgan fingerprint density at radius 1 is 1.29 bits per heavy atom. The number of fused-ring (bicyclic) bond motifs is 4. The number of benzene rings is 2. The van der Waals surface area contributed by atoms with Crippen molar-refractivity contribution in [2.75, 3.05) is 11.9 Å². The molecule has 0 aliphatic carbocycles. The van der Waals surface area contributed by atoms with Crippen molar-refractivity contribution in [3.05, 3.63) is 52.0 Å². The number of anilines is 1. The molecule has 3 aliphatic rings. The highest BCUT2D eigenvalue weighted by Gasteiger charge is 2.62. The van der Waals surface area contributed by atoms with Gasteiger partial charge in [0.2, 0.25) is 5.69 Å². The lowest BCUT2D eigenvalue weighted by Gasteiger charge is -2.47. The minimum Gasteiger partial charge on any atom is -0.428 e. The zero-order valence-electron chi connectivity index (χ0n) is 12.4. The molecule has 0 amide bonds. The van der Waals surface area contributed by atoms with Gasteiger partial charge < -0.3 is 10.1 Å². The van der Waals surface area contributed by atoms with Gasteiger partial charge in [-0.15, -0.1) is 0 Å². The topological polar surface area (TPSA) is 33.6 Å². The second-order valence-electron chi connectivity index (χ2n) is 6.26. The van der Waals surface area contributed by atoms with Crippen molar-refractivity contribution < 1.29 is 13.5 Å². The van der Waals surface area contributed by atoms with Crippen molar-refractivity contribution in [2.24, 2.45) is 4.99 Å². The number of para-hydroxylation sites is 1. The van der Waals surface area contributed by atoms with Gasteiger partial charge in [0, 0.05) is 5.02 Å². The maximum Gasteiger partial charge on any atom is 0.387 e. The van der Waals surface area contributed by atoms with Crippen LogP contribution in [0.15, 0.2) is 41.4 Å². The number of nitrogens with zero attached hydrogens (tertiary/aromatic N) is 2. The zero-order chi connectivity index (χ0) is 16.5. The molecule has 0 saturated carbocycles. The SMILES string of the molecule is FC(F)Oc1cccc2c1[N@+]13C=c4cc(Cl)ccc4=N[C@H](C1)C3N2. The summed E-state index contributed by atoms with van der Waals surface area (Å²) in [5.41, 5.74) is 1.56. The number of quaternary nitrogens is 1. The second kappa shape index (κ2) is 4.68. The molecule has 1 unspecified atom stereocenters. The van der Waals surface area contributed by atoms with Gasteiger partial charge in [0.1, 0.15) is 18.4 Å². The molecule has 1 N–H and O–H groups in total. The number of rotatable bonds is 2. The molecule has 4 nitrogen and oxygen atoms in total. The number of nitrogens with one attached hydrogen (secondary N) is 1. The van der Waals surface area contributed by atoms with Gasteiger partial charge in [-0.1, -0.05) is 17.7 Å². The van der Waals surface area contributed by atoms with Gasteiger partial charge in [0.25, 0.3) is 0 Å². The van der Waals surface area contributed by atoms with Crippen molar-refractivity contribution in [3.8, 4) is 5.75 Å². The predicted molar refractivity (Wildman–Crippen MR) is 87.6 cm³/mol. The van der Waals surface area contributed by atoms with Crippen LogP contribution in [0.5, 0.6) is 5.75 Å². The zero-order valence-corrected chi connectivity index (χ0v) is 13.2. The van der Waals surface area contributed by atoms with E-state index in [0.717, 1.165) is 22.0 Å². The number of halogens is 3. The first kappa shape index (κ1) is 14.2. The standard InChI is InChI=1S/C17H13ClF2N3O/c18-10-4-5-11-9(6-10)7-23-8-13(21-11)16(23)22-12-2-1-3-14(15(12)23)24-17(19)20/h1-7,13,16-17,22H,8H2/q+1/t13-,16?,23+/m1/s1. The van der Waals surface area contributed by atoms with Crippen molar-refractivity contribution in [3.63, 3.8) is 0 Å². The Kier molecular flexibility index (Phi) is 2.76. The van der Waals surface area contributed by atoms with E-state index in [2.05, 4.69) is 11.5 Å². The average molecular weight is 349 g/mol. The van der Waals surface area contributed by atoms with E-state index in [0.29, 0.717) is 16.1 Å². The van der Waals surface area contributed by atoms with E-state index in [-0.39, 0.29) is 18.0 Å². The summed E-state index contributed by atoms with van der Waals surface area (Å²) in [5, 5.41) is 5.83. The molecule has 24 heavy (non-hydrogen) atoms. The van der Waals surface area contributed by atoms with Gasteiger partial charge in [-0.2, -0.15) is 8.78 Å². The van der Waals surface area contributed by atoms with Crippen LogP contribution in [-0.4, -0.2) is 25.4 Å². The summed E-state index contributed by atoms with van der Waals surface area (Å²) in [4.78, 5) is 4.80. The van der Waals surface area contributed by atoms with Crippen LogP contribution in [0.2, 0.25) is 5.02 Å². The minimum absolute atomic E-state index is 0.00593. The first-order valence-electron chi connectivity index (χ1n) is 7.65. The molecule has 7 heteroatoms. The molecular formula is C17H13ClF2N3O+. The quantitative estimate of drug-likeness (QED) is 0.846. The van der Waals surface area contributed by atoms with Crippen molar-refractivity contribution in [1.29, 1.82) is 0 Å². The average Bonchev–Trinajstić information content (AvgIpc) is 2.64. The maximum absolute atomic E-state index is 12.8. The third kappa shape index (κ3) is 1.78. The minimum atomic E-state index is -2.86. The largest absolute Gasteiger partial charge is 0.428 e. The fourth-order valence-corrected chi connectivity index (χ4v) is 4.22. The van der Waals surface area contributed by atoms with Crippen molar-refractivity contribution >= 4 is 29.2 Å². The van der Waals surface area contributed by atoms with Crippen LogP contribution in [0.3, 0.4) is 0 Å². The lowest BCUT2D eigenvalue weighted by atomic mass is 10.0. The van der Waals surface area contributed by atoms with Gasteiger partial charge in [0.05, 0.1) is 10.6 Å². The third-order valence-electron chi connectivity index (χ3n) is 4.95. The molecule has 1 spiro atoms. The Labute approximate surface area is 141 Å². The molecule has 1 fully saturated rings. The van der Waals surface area contributed by atoms with E-state index in [1.165, 1.54) is 0 Å². The molecule has 1 saturated heterocycles. The van der Waals surface area contributed by atoms with Crippen LogP contribution < -0.4 is 25.1 Å². The molecule has 3 aliphatic heterocycles.